The molecule has 0 aliphatic rings. The number of benzene rings is 2. The molecule has 0 unspecified atom stereocenters. The molecule has 0 heterocycles. The molecular formula is C20H22F2N2O4. The Kier molecular flexibility index (Phi) is 7.88. The standard InChI is InChI=1S/C20H22F2N2O4/c1-3-27-19(26)15-6-8-16(9-7-15)23-18(25)13-24(2)12-14-4-10-17(11-5-14)28-20(21)22/h4-11,20H,3,12-13H2,1-2H3,(H,23,25). The van der Waals surface area contributed by atoms with Gasteiger partial charge >= 0.3 is 12.6 Å². The predicted octanol–water partition coefficient (Wildman–Crippen LogP) is 3.54. The zero-order valence-corrected chi connectivity index (χ0v) is 15.7. The first-order valence-electron chi connectivity index (χ1n) is 8.66. The van der Waals surface area contributed by atoms with Gasteiger partial charge in [-0.25, -0.2) is 4.79 Å². The number of esters is 1. The van der Waals surface area contributed by atoms with Gasteiger partial charge in [-0.15, -0.1) is 0 Å². The van der Waals surface area contributed by atoms with Crippen molar-refractivity contribution in [1.29, 1.82) is 0 Å². The lowest BCUT2D eigenvalue weighted by Gasteiger charge is -2.17. The maximum absolute atomic E-state index is 12.2. The Morgan fingerprint density at radius 1 is 1.07 bits per heavy atom. The van der Waals surface area contributed by atoms with Crippen LogP contribution in [0.1, 0.15) is 22.8 Å². The molecule has 0 spiro atoms. The van der Waals surface area contributed by atoms with E-state index in [4.69, 9.17) is 4.74 Å². The van der Waals surface area contributed by atoms with E-state index in [2.05, 4.69) is 10.1 Å². The van der Waals surface area contributed by atoms with Gasteiger partial charge in [-0.2, -0.15) is 8.78 Å². The number of carbonyl (C=O) groups excluding carboxylic acids is 2. The van der Waals surface area contributed by atoms with Crippen LogP contribution in [0.25, 0.3) is 0 Å². The maximum Gasteiger partial charge on any atom is 0.387 e. The van der Waals surface area contributed by atoms with Crippen LogP contribution in [0.5, 0.6) is 5.75 Å². The van der Waals surface area contributed by atoms with Gasteiger partial charge < -0.3 is 14.8 Å². The Balaban J connectivity index is 1.82. The molecule has 0 fully saturated rings. The van der Waals surface area contributed by atoms with Crippen LogP contribution in [0, 0.1) is 0 Å². The first-order valence-corrected chi connectivity index (χ1v) is 8.66. The van der Waals surface area contributed by atoms with Gasteiger partial charge in [-0.3, -0.25) is 9.69 Å². The number of anilines is 1. The van der Waals surface area contributed by atoms with Crippen molar-refractivity contribution >= 4 is 17.6 Å². The number of hydrogen-bond donors (Lipinski definition) is 1. The first kappa shape index (κ1) is 21.3. The van der Waals surface area contributed by atoms with E-state index in [0.717, 1.165) is 5.56 Å². The van der Waals surface area contributed by atoms with Crippen LogP contribution in [0.4, 0.5) is 14.5 Å². The van der Waals surface area contributed by atoms with Crippen molar-refractivity contribution in [3.8, 4) is 5.75 Å². The number of alkyl halides is 2. The largest absolute Gasteiger partial charge is 0.462 e. The Morgan fingerprint density at radius 2 is 1.71 bits per heavy atom. The molecule has 2 rings (SSSR count). The minimum atomic E-state index is -2.86. The lowest BCUT2D eigenvalue weighted by molar-refractivity contribution is -0.117. The SMILES string of the molecule is CCOC(=O)c1ccc(NC(=O)CN(C)Cc2ccc(OC(F)F)cc2)cc1. The number of rotatable bonds is 9. The molecule has 0 saturated carbocycles. The minimum absolute atomic E-state index is 0.0883. The third-order valence-corrected chi connectivity index (χ3v) is 3.69. The van der Waals surface area contributed by atoms with Crippen molar-refractivity contribution in [3.05, 3.63) is 59.7 Å². The van der Waals surface area contributed by atoms with E-state index in [1.807, 2.05) is 0 Å². The summed E-state index contributed by atoms with van der Waals surface area (Å²) in [7, 11) is 1.77. The molecule has 150 valence electrons. The van der Waals surface area contributed by atoms with Crippen molar-refractivity contribution in [3.63, 3.8) is 0 Å². The third-order valence-electron chi connectivity index (χ3n) is 3.69. The van der Waals surface area contributed by atoms with Crippen LogP contribution in [-0.4, -0.2) is 43.6 Å². The smallest absolute Gasteiger partial charge is 0.387 e. The number of hydrogen-bond acceptors (Lipinski definition) is 5. The van der Waals surface area contributed by atoms with Crippen LogP contribution < -0.4 is 10.1 Å². The normalized spacial score (nSPS) is 10.8. The van der Waals surface area contributed by atoms with Crippen LogP contribution in [0.2, 0.25) is 0 Å². The fourth-order valence-electron chi connectivity index (χ4n) is 2.49. The van der Waals surface area contributed by atoms with Crippen molar-refractivity contribution in [2.75, 3.05) is 25.5 Å². The van der Waals surface area contributed by atoms with Gasteiger partial charge in [-0.05, 0) is 55.9 Å². The summed E-state index contributed by atoms with van der Waals surface area (Å²) in [6.45, 7) is -0.234. The van der Waals surface area contributed by atoms with Crippen molar-refractivity contribution in [2.24, 2.45) is 0 Å². The average Bonchev–Trinajstić information content (AvgIpc) is 2.63. The molecule has 1 N–H and O–H groups in total. The lowest BCUT2D eigenvalue weighted by atomic mass is 10.2. The second kappa shape index (κ2) is 10.4. The van der Waals surface area contributed by atoms with E-state index in [-0.39, 0.29) is 18.2 Å². The molecule has 6 nitrogen and oxygen atoms in total. The number of amides is 1. The lowest BCUT2D eigenvalue weighted by Crippen LogP contribution is -2.29. The highest BCUT2D eigenvalue weighted by molar-refractivity contribution is 5.94. The molecule has 0 saturated heterocycles. The Morgan fingerprint density at radius 3 is 2.29 bits per heavy atom. The minimum Gasteiger partial charge on any atom is -0.462 e. The molecule has 1 amide bonds. The highest BCUT2D eigenvalue weighted by Gasteiger charge is 2.10. The Labute approximate surface area is 162 Å². The summed E-state index contributed by atoms with van der Waals surface area (Å²) in [5.41, 5.74) is 1.84. The number of halogens is 2. The van der Waals surface area contributed by atoms with E-state index in [1.54, 1.807) is 55.3 Å². The quantitative estimate of drug-likeness (QED) is 0.661. The van der Waals surface area contributed by atoms with E-state index in [1.165, 1.54) is 12.1 Å². The monoisotopic (exact) mass is 392 g/mol. The summed E-state index contributed by atoms with van der Waals surface area (Å²) in [5.74, 6) is -0.542. The average molecular weight is 392 g/mol. The number of carbonyl (C=O) groups is 2. The first-order chi connectivity index (χ1) is 13.4. The third kappa shape index (κ3) is 6.96. The summed E-state index contributed by atoms with van der Waals surface area (Å²) in [6, 6.07) is 12.7. The van der Waals surface area contributed by atoms with Crippen molar-refractivity contribution in [1.82, 2.24) is 4.90 Å². The highest BCUT2D eigenvalue weighted by atomic mass is 19.3. The molecule has 0 aliphatic carbocycles. The molecule has 0 aromatic heterocycles. The van der Waals surface area contributed by atoms with Crippen LogP contribution in [-0.2, 0) is 16.1 Å². The zero-order valence-electron chi connectivity index (χ0n) is 15.7. The molecule has 8 heteroatoms. The number of nitrogens with zero attached hydrogens (tertiary/aromatic N) is 1. The van der Waals surface area contributed by atoms with E-state index >= 15 is 0 Å². The van der Waals surface area contributed by atoms with Crippen molar-refractivity contribution < 1.29 is 27.8 Å². The Bertz CT molecular complexity index is 780. The topological polar surface area (TPSA) is 67.9 Å². The molecule has 0 radical (unpaired) electrons. The Hall–Kier alpha value is -3.00. The summed E-state index contributed by atoms with van der Waals surface area (Å²) in [5, 5.41) is 2.75. The van der Waals surface area contributed by atoms with Crippen LogP contribution in [0.3, 0.4) is 0 Å². The molecule has 28 heavy (non-hydrogen) atoms. The van der Waals surface area contributed by atoms with E-state index in [9.17, 15) is 18.4 Å². The van der Waals surface area contributed by atoms with Crippen LogP contribution in [0.15, 0.2) is 48.5 Å². The van der Waals surface area contributed by atoms with E-state index in [0.29, 0.717) is 24.4 Å². The van der Waals surface area contributed by atoms with Gasteiger partial charge in [0, 0.05) is 12.2 Å². The van der Waals surface area contributed by atoms with E-state index < -0.39 is 12.6 Å². The van der Waals surface area contributed by atoms with Gasteiger partial charge in [0.25, 0.3) is 0 Å². The predicted molar refractivity (Wildman–Crippen MR) is 100 cm³/mol. The molecule has 2 aromatic rings. The second-order valence-corrected chi connectivity index (χ2v) is 6.04. The zero-order chi connectivity index (χ0) is 20.5. The van der Waals surface area contributed by atoms with Gasteiger partial charge in [0.15, 0.2) is 0 Å². The van der Waals surface area contributed by atoms with Crippen molar-refractivity contribution in [2.45, 2.75) is 20.1 Å². The number of likely N-dealkylation sites (N-methyl/N-ethyl adjacent to an activating group) is 1. The van der Waals surface area contributed by atoms with Crippen LogP contribution >= 0.6 is 0 Å². The summed E-state index contributed by atoms with van der Waals surface area (Å²) in [4.78, 5) is 25.6. The second-order valence-electron chi connectivity index (χ2n) is 6.04. The molecule has 0 bridgehead atoms. The highest BCUT2D eigenvalue weighted by Crippen LogP contribution is 2.16. The molecular weight excluding hydrogens is 370 g/mol. The number of ether oxygens (including phenoxy) is 2. The summed E-state index contributed by atoms with van der Waals surface area (Å²) < 4.78 is 33.5. The fourth-order valence-corrected chi connectivity index (χ4v) is 2.49. The summed E-state index contributed by atoms with van der Waals surface area (Å²) >= 11 is 0. The summed E-state index contributed by atoms with van der Waals surface area (Å²) in [6.07, 6.45) is 0. The fraction of sp³-hybridized carbons (Fsp3) is 0.300. The number of nitrogens with one attached hydrogen (secondary N) is 1. The molecule has 0 atom stereocenters. The van der Waals surface area contributed by atoms with Gasteiger partial charge in [0.2, 0.25) is 5.91 Å². The van der Waals surface area contributed by atoms with Gasteiger partial charge in [-0.1, -0.05) is 12.1 Å². The maximum atomic E-state index is 12.2. The van der Waals surface area contributed by atoms with Gasteiger partial charge in [0.05, 0.1) is 18.7 Å². The molecule has 2 aromatic carbocycles. The molecule has 0 aliphatic heterocycles. The van der Waals surface area contributed by atoms with Gasteiger partial charge in [0.1, 0.15) is 5.75 Å².